The van der Waals surface area contributed by atoms with Gasteiger partial charge in [0, 0.05) is 21.7 Å². The Morgan fingerprint density at radius 1 is 1.22 bits per heavy atom. The van der Waals surface area contributed by atoms with E-state index in [0.717, 1.165) is 0 Å². The topological polar surface area (TPSA) is 109 Å². The average Bonchev–Trinajstić information content (AvgIpc) is 0.722. The van der Waals surface area contributed by atoms with Gasteiger partial charge in [-0.15, -0.1) is 0 Å². The minimum absolute atomic E-state index is 0. The van der Waals surface area contributed by atoms with Crippen molar-refractivity contribution in [2.75, 3.05) is 0 Å². The third-order valence-electron chi connectivity index (χ3n) is 0. The summed E-state index contributed by atoms with van der Waals surface area (Å²) < 4.78 is 8.88. The van der Waals surface area contributed by atoms with Crippen LogP contribution in [0.5, 0.6) is 0 Å². The molecular weight excluding hydrogens is 193 g/mol. The molecule has 5 nitrogen and oxygen atoms in total. The zero-order valence-corrected chi connectivity index (χ0v) is 6.65. The molecule has 0 aromatic carbocycles. The van der Waals surface area contributed by atoms with E-state index in [0.29, 0.717) is 0 Å². The quantitative estimate of drug-likeness (QED) is 0.268. The van der Waals surface area contributed by atoms with Gasteiger partial charge in [0.15, 0.2) is 17.4 Å². The molecule has 0 aromatic rings. The van der Waals surface area contributed by atoms with E-state index in [1.54, 1.807) is 0 Å². The molecule has 0 heterocycles. The second kappa shape index (κ2) is 12.6. The molecule has 0 aliphatic heterocycles. The number of hydrogen-bond donors (Lipinski definition) is 3. The van der Waals surface area contributed by atoms with Gasteiger partial charge in [0.2, 0.25) is 0 Å². The average molecular weight is 202 g/mol. The summed E-state index contributed by atoms with van der Waals surface area (Å²) >= 11 is 0. The summed E-state index contributed by atoms with van der Waals surface area (Å²) in [5.74, 6) is 0. The Morgan fingerprint density at radius 3 is 1.22 bits per heavy atom. The molecule has 0 bridgehead atoms. The van der Waals surface area contributed by atoms with Crippen molar-refractivity contribution in [2.24, 2.45) is 0 Å². The maximum absolute atomic E-state index is 8.88. The molecule has 5 N–H and O–H groups in total. The van der Waals surface area contributed by atoms with E-state index in [1.807, 2.05) is 0 Å². The van der Waals surface area contributed by atoms with Gasteiger partial charge in [-0.05, 0) is 0 Å². The number of hydrogen-bond acceptors (Lipinski definition) is 1. The van der Waals surface area contributed by atoms with Gasteiger partial charge in [0.05, 0.1) is 0 Å². The van der Waals surface area contributed by atoms with Crippen LogP contribution in [0.3, 0.4) is 0 Å². The Labute approximate surface area is 91.4 Å². The molecule has 9 heteroatoms. The first kappa shape index (κ1) is 30.7. The van der Waals surface area contributed by atoms with Crippen LogP contribution in [-0.4, -0.2) is 37.5 Å². The van der Waals surface area contributed by atoms with Crippen LogP contribution in [0.2, 0.25) is 0 Å². The van der Waals surface area contributed by atoms with Crippen molar-refractivity contribution in [3.05, 3.63) is 0 Å². The maximum Gasteiger partial charge on any atom is 1.00 e. The summed E-state index contributed by atoms with van der Waals surface area (Å²) in [7, 11) is -4.64. The van der Waals surface area contributed by atoms with Crippen molar-refractivity contribution in [2.45, 2.75) is 0 Å². The van der Waals surface area contributed by atoms with Crippen LogP contribution >= 0.6 is 7.82 Å². The Bertz CT molecular complexity index is 67.8. The predicted molar refractivity (Wildman–Crippen MR) is 28.9 cm³/mol. The molecule has 0 spiro atoms. The Balaban J connectivity index is -0.00000000800. The minimum Gasteiger partial charge on any atom is -1.00 e. The first-order valence-corrected chi connectivity index (χ1v) is 2.35. The summed E-state index contributed by atoms with van der Waals surface area (Å²) in [6, 6.07) is 0. The fraction of sp³-hybridized carbons (Fsp3) is 0. The standard InChI is InChI=1S/Al.Li.H3O4P.H2O.Ti.4H/c;;1-5(2,3)4;;;;;;/h;;(H3,1,2,3,4);1H2;;;;;/q;+1;;;;;;;-1. The van der Waals surface area contributed by atoms with Crippen molar-refractivity contribution >= 4 is 25.2 Å². The molecule has 0 aliphatic rings. The molecule has 0 atom stereocenters. The molecule has 52 valence electrons. The van der Waals surface area contributed by atoms with Gasteiger partial charge in [-0.1, -0.05) is 0 Å². The largest absolute Gasteiger partial charge is 1.00 e. The third-order valence-corrected chi connectivity index (χ3v) is 0. The third kappa shape index (κ3) is 169. The van der Waals surface area contributed by atoms with Gasteiger partial charge in [0.25, 0.3) is 0 Å². The normalized spacial score (nSPS) is 6.56. The monoisotopic (exact) mass is 202 g/mol. The van der Waals surface area contributed by atoms with Crippen molar-refractivity contribution in [1.82, 2.24) is 0 Å². The van der Waals surface area contributed by atoms with Gasteiger partial charge < -0.3 is 21.6 Å². The zero-order valence-electron chi connectivity index (χ0n) is 5.20. The molecule has 0 saturated carbocycles. The van der Waals surface area contributed by atoms with E-state index in [9.17, 15) is 0 Å². The van der Waals surface area contributed by atoms with Crippen LogP contribution in [0.25, 0.3) is 0 Å². The van der Waals surface area contributed by atoms with Gasteiger partial charge >= 0.3 is 26.7 Å². The smallest absolute Gasteiger partial charge is 1.00 e. The summed E-state index contributed by atoms with van der Waals surface area (Å²) in [6.07, 6.45) is 0. The maximum atomic E-state index is 8.88. The van der Waals surface area contributed by atoms with Crippen LogP contribution in [-0.2, 0) is 26.3 Å². The van der Waals surface area contributed by atoms with E-state index in [1.165, 1.54) is 0 Å². The Hall–Kier alpha value is 1.91. The molecule has 0 aromatic heterocycles. The van der Waals surface area contributed by atoms with Crippen LogP contribution in [0, 0.1) is 0 Å². The Morgan fingerprint density at radius 2 is 1.22 bits per heavy atom. The van der Waals surface area contributed by atoms with E-state index in [2.05, 4.69) is 0 Å². The fourth-order valence-electron chi connectivity index (χ4n) is 0. The molecular formula is H9AlLiO5PTi. The first-order valence-electron chi connectivity index (χ1n) is 0.783. The molecule has 0 rings (SSSR count). The van der Waals surface area contributed by atoms with Crippen molar-refractivity contribution in [3.63, 3.8) is 0 Å². The molecule has 0 saturated heterocycles. The van der Waals surface area contributed by atoms with Gasteiger partial charge in [0.1, 0.15) is 0 Å². The van der Waals surface area contributed by atoms with E-state index >= 15 is 0 Å². The van der Waals surface area contributed by atoms with Crippen molar-refractivity contribution in [1.29, 1.82) is 0 Å². The molecule has 0 amide bonds. The predicted octanol–water partition coefficient (Wildman–Crippen LogP) is -5.82. The first-order chi connectivity index (χ1) is 2.00. The van der Waals surface area contributed by atoms with E-state index < -0.39 is 7.82 Å². The van der Waals surface area contributed by atoms with Crippen molar-refractivity contribution in [3.8, 4) is 0 Å². The van der Waals surface area contributed by atoms with E-state index in [4.69, 9.17) is 19.2 Å². The van der Waals surface area contributed by atoms with Gasteiger partial charge in [-0.2, -0.15) is 0 Å². The number of phosphoric acid groups is 1. The molecule has 0 unspecified atom stereocenters. The number of rotatable bonds is 0. The molecule has 9 heavy (non-hydrogen) atoms. The summed E-state index contributed by atoms with van der Waals surface area (Å²) in [5.41, 5.74) is 0. The van der Waals surface area contributed by atoms with Crippen LogP contribution in [0.1, 0.15) is 1.43 Å². The summed E-state index contributed by atoms with van der Waals surface area (Å²) in [5, 5.41) is 0. The van der Waals surface area contributed by atoms with Gasteiger partial charge in [-0.25, -0.2) is 4.57 Å². The summed E-state index contributed by atoms with van der Waals surface area (Å²) in [4.78, 5) is 21.6. The molecule has 0 radical (unpaired) electrons. The summed E-state index contributed by atoms with van der Waals surface area (Å²) in [6.45, 7) is 0. The van der Waals surface area contributed by atoms with E-state index in [-0.39, 0.29) is 64.8 Å². The van der Waals surface area contributed by atoms with Crippen molar-refractivity contribution < 1.29 is 66.7 Å². The van der Waals surface area contributed by atoms with Crippen LogP contribution in [0.15, 0.2) is 0 Å². The Kier molecular flexibility index (Phi) is 42.9. The molecule has 0 aliphatic carbocycles. The second-order valence-electron chi connectivity index (χ2n) is 0.513. The second-order valence-corrected chi connectivity index (χ2v) is 1.54. The minimum atomic E-state index is -4.64. The van der Waals surface area contributed by atoms with Crippen LogP contribution in [0.4, 0.5) is 0 Å². The van der Waals surface area contributed by atoms with Crippen LogP contribution < -0.4 is 18.9 Å². The fourth-order valence-corrected chi connectivity index (χ4v) is 0. The molecule has 0 fully saturated rings. The zero-order chi connectivity index (χ0) is 4.50. The SMILES string of the molecule is O.O=P(O)(O)O.[AlH3].[H-].[Li+].[Ti]. The van der Waals surface area contributed by atoms with Gasteiger partial charge in [-0.3, -0.25) is 0 Å².